The highest BCUT2D eigenvalue weighted by atomic mass is 79.9. The second-order valence-electron chi connectivity index (χ2n) is 9.73. The highest BCUT2D eigenvalue weighted by Crippen LogP contribution is 2.37. The van der Waals surface area contributed by atoms with Crippen LogP contribution >= 0.6 is 15.9 Å². The first kappa shape index (κ1) is 27.8. The maximum atomic E-state index is 13.7. The lowest BCUT2D eigenvalue weighted by Gasteiger charge is -2.35. The fourth-order valence-electron chi connectivity index (χ4n) is 5.29. The van der Waals surface area contributed by atoms with Crippen molar-refractivity contribution in [1.29, 1.82) is 0 Å². The third kappa shape index (κ3) is 5.96. The van der Waals surface area contributed by atoms with Crippen LogP contribution in [0.25, 0.3) is 0 Å². The molecule has 2 fully saturated rings. The van der Waals surface area contributed by atoms with Crippen LogP contribution in [0.4, 0.5) is 10.5 Å². The number of sulfonamides is 1. The van der Waals surface area contributed by atoms with Gasteiger partial charge in [-0.1, -0.05) is 6.92 Å². The van der Waals surface area contributed by atoms with Crippen molar-refractivity contribution in [3.63, 3.8) is 0 Å². The van der Waals surface area contributed by atoms with E-state index in [9.17, 15) is 22.8 Å². The lowest BCUT2D eigenvalue weighted by Crippen LogP contribution is -2.50. The molecular weight excluding hydrogens is 564 g/mol. The summed E-state index contributed by atoms with van der Waals surface area (Å²) in [6.07, 6.45) is 3.17. The minimum atomic E-state index is -3.88. The Labute approximate surface area is 226 Å². The summed E-state index contributed by atoms with van der Waals surface area (Å²) in [6.45, 7) is 5.90. The molecule has 4 rings (SSSR count). The van der Waals surface area contributed by atoms with E-state index >= 15 is 0 Å². The summed E-state index contributed by atoms with van der Waals surface area (Å²) in [5.74, 6) is -0.632. The third-order valence-electron chi connectivity index (χ3n) is 7.37. The number of nitrogens with one attached hydrogen (secondary N) is 1. The summed E-state index contributed by atoms with van der Waals surface area (Å²) in [5.41, 5.74) is 1.59. The summed E-state index contributed by atoms with van der Waals surface area (Å²) in [7, 11) is -3.88. The third-order valence-corrected chi connectivity index (χ3v) is 10.2. The van der Waals surface area contributed by atoms with Crippen LogP contribution in [-0.2, 0) is 30.8 Å². The maximum absolute atomic E-state index is 13.7. The molecule has 0 radical (unpaired) electrons. The first-order chi connectivity index (χ1) is 17.6. The lowest BCUT2D eigenvalue weighted by molar-refractivity contribution is -0.127. The number of nitrogens with zero attached hydrogens (tertiary/aromatic N) is 3. The molecule has 0 spiro atoms. The van der Waals surface area contributed by atoms with Gasteiger partial charge < -0.3 is 19.9 Å². The number of amides is 3. The predicted molar refractivity (Wildman–Crippen MR) is 142 cm³/mol. The molecule has 0 unspecified atom stereocenters. The number of hydrogen-bond acceptors (Lipinski definition) is 6. The van der Waals surface area contributed by atoms with E-state index in [1.54, 1.807) is 35.8 Å². The summed E-state index contributed by atoms with van der Waals surface area (Å²) < 4.78 is 34.3. The summed E-state index contributed by atoms with van der Waals surface area (Å²) in [6, 6.07) is 3.33. The Morgan fingerprint density at radius 3 is 2.49 bits per heavy atom. The fraction of sp³-hybridized carbons (Fsp3) is 0.640. The summed E-state index contributed by atoms with van der Waals surface area (Å²) in [4.78, 5) is 40.8. The van der Waals surface area contributed by atoms with Gasteiger partial charge in [0.1, 0.15) is 0 Å². The van der Waals surface area contributed by atoms with E-state index in [-0.39, 0.29) is 35.4 Å². The predicted octanol–water partition coefficient (Wildman–Crippen LogP) is 2.89. The van der Waals surface area contributed by atoms with Crippen LogP contribution in [0, 0.1) is 5.92 Å². The number of likely N-dealkylation sites (tertiary alicyclic amines) is 1. The van der Waals surface area contributed by atoms with Crippen LogP contribution in [0.1, 0.15) is 51.5 Å². The van der Waals surface area contributed by atoms with E-state index in [2.05, 4.69) is 21.2 Å². The molecule has 1 atom stereocenters. The first-order valence-electron chi connectivity index (χ1n) is 13.0. The van der Waals surface area contributed by atoms with Crippen molar-refractivity contribution in [2.45, 2.75) is 63.3 Å². The van der Waals surface area contributed by atoms with Crippen LogP contribution in [0.5, 0.6) is 0 Å². The monoisotopic (exact) mass is 598 g/mol. The van der Waals surface area contributed by atoms with E-state index in [0.717, 1.165) is 5.56 Å². The largest absolute Gasteiger partial charge is 0.450 e. The number of fused-ring (bicyclic) bond motifs is 1. The Morgan fingerprint density at radius 1 is 1.08 bits per heavy atom. The average Bonchev–Trinajstić information content (AvgIpc) is 3.31. The zero-order valence-electron chi connectivity index (χ0n) is 21.4. The van der Waals surface area contributed by atoms with Crippen LogP contribution in [0.2, 0.25) is 0 Å². The van der Waals surface area contributed by atoms with Gasteiger partial charge in [-0.3, -0.25) is 9.59 Å². The number of anilines is 1. The molecule has 3 amide bonds. The normalized spacial score (nSPS) is 21.0. The molecule has 0 bridgehead atoms. The van der Waals surface area contributed by atoms with Gasteiger partial charge in [-0.15, -0.1) is 0 Å². The number of carbonyl (C=O) groups is 3. The average molecular weight is 600 g/mol. The van der Waals surface area contributed by atoms with Crippen LogP contribution in [0.15, 0.2) is 21.5 Å². The molecule has 37 heavy (non-hydrogen) atoms. The zero-order valence-corrected chi connectivity index (χ0v) is 23.8. The maximum Gasteiger partial charge on any atom is 0.409 e. The Hall–Kier alpha value is -2.18. The van der Waals surface area contributed by atoms with E-state index in [0.29, 0.717) is 81.5 Å². The van der Waals surface area contributed by atoms with Gasteiger partial charge in [-0.05, 0) is 72.7 Å². The molecule has 3 aliphatic rings. The molecule has 12 heteroatoms. The van der Waals surface area contributed by atoms with Gasteiger partial charge in [0.25, 0.3) is 0 Å². The smallest absolute Gasteiger partial charge is 0.409 e. The van der Waals surface area contributed by atoms with Gasteiger partial charge in [0, 0.05) is 55.3 Å². The van der Waals surface area contributed by atoms with E-state index in [1.807, 2.05) is 0 Å². The minimum Gasteiger partial charge on any atom is -0.450 e. The number of rotatable bonds is 6. The number of hydrogen-bond donors (Lipinski definition) is 1. The van der Waals surface area contributed by atoms with Gasteiger partial charge in [0.15, 0.2) is 0 Å². The zero-order chi connectivity index (χ0) is 26.7. The standard InChI is InChI=1S/C25H35BrN4O6S/c1-3-23(31)30-13-7-17-14-20(26)22(15-21(17)30)37(34,35)29-10-5-6-18(16-29)24(32)27-19-8-11-28(12-9-19)25(33)36-4-2/h14-15,18-19H,3-13,16H2,1-2H3,(H,27,32)/t18-/m0/s1. The molecule has 1 N–H and O–H groups in total. The molecule has 10 nitrogen and oxygen atoms in total. The van der Waals surface area contributed by atoms with Crippen molar-refractivity contribution in [3.05, 3.63) is 22.2 Å². The van der Waals surface area contributed by atoms with Crippen molar-refractivity contribution in [3.8, 4) is 0 Å². The topological polar surface area (TPSA) is 116 Å². The second kappa shape index (κ2) is 11.7. The Kier molecular flexibility index (Phi) is 8.80. The lowest BCUT2D eigenvalue weighted by atomic mass is 9.97. The van der Waals surface area contributed by atoms with Crippen LogP contribution in [0.3, 0.4) is 0 Å². The van der Waals surface area contributed by atoms with Crippen molar-refractivity contribution < 1.29 is 27.5 Å². The van der Waals surface area contributed by atoms with Gasteiger partial charge in [0.05, 0.1) is 17.4 Å². The first-order valence-corrected chi connectivity index (χ1v) is 15.2. The van der Waals surface area contributed by atoms with Gasteiger partial charge >= 0.3 is 6.09 Å². The van der Waals surface area contributed by atoms with Crippen molar-refractivity contribution in [1.82, 2.24) is 14.5 Å². The molecule has 204 valence electrons. The Bertz CT molecular complexity index is 1150. The molecular formula is C25H35BrN4O6S. The number of benzene rings is 1. The molecule has 1 aromatic carbocycles. The van der Waals surface area contributed by atoms with Gasteiger partial charge in [-0.2, -0.15) is 4.31 Å². The van der Waals surface area contributed by atoms with Crippen molar-refractivity contribution in [2.75, 3.05) is 44.2 Å². The molecule has 2 saturated heterocycles. The van der Waals surface area contributed by atoms with E-state index < -0.39 is 15.9 Å². The van der Waals surface area contributed by atoms with Gasteiger partial charge in [-0.25, -0.2) is 13.2 Å². The minimum absolute atomic E-state index is 0.0350. The number of carbonyl (C=O) groups excluding carboxylic acids is 3. The Balaban J connectivity index is 1.42. The highest BCUT2D eigenvalue weighted by Gasteiger charge is 2.37. The van der Waals surface area contributed by atoms with Crippen molar-refractivity contribution >= 4 is 49.5 Å². The highest BCUT2D eigenvalue weighted by molar-refractivity contribution is 9.10. The summed E-state index contributed by atoms with van der Waals surface area (Å²) >= 11 is 3.44. The SMILES string of the molecule is CCOC(=O)N1CCC(NC(=O)[C@H]2CCCN(S(=O)(=O)c3cc4c(cc3Br)CCN4C(=O)CC)C2)CC1. The van der Waals surface area contributed by atoms with E-state index in [1.165, 1.54) is 4.31 Å². The Morgan fingerprint density at radius 2 is 1.81 bits per heavy atom. The van der Waals surface area contributed by atoms with E-state index in [4.69, 9.17) is 4.74 Å². The molecule has 3 aliphatic heterocycles. The summed E-state index contributed by atoms with van der Waals surface area (Å²) in [5, 5.41) is 3.07. The van der Waals surface area contributed by atoms with Gasteiger partial charge in [0.2, 0.25) is 21.8 Å². The number of ether oxygens (including phenoxy) is 1. The molecule has 0 aromatic heterocycles. The van der Waals surface area contributed by atoms with Crippen molar-refractivity contribution in [2.24, 2.45) is 5.92 Å². The molecule has 0 aliphatic carbocycles. The fourth-order valence-corrected chi connectivity index (χ4v) is 7.88. The molecule has 3 heterocycles. The number of halogens is 1. The quantitative estimate of drug-likeness (QED) is 0.538. The number of piperidine rings is 2. The van der Waals surface area contributed by atoms with Crippen LogP contribution < -0.4 is 10.2 Å². The molecule has 0 saturated carbocycles. The van der Waals surface area contributed by atoms with Crippen LogP contribution in [-0.4, -0.2) is 80.9 Å². The molecule has 1 aromatic rings. The second-order valence-corrected chi connectivity index (χ2v) is 12.5.